The summed E-state index contributed by atoms with van der Waals surface area (Å²) in [5, 5.41) is 2.99. The van der Waals surface area contributed by atoms with Gasteiger partial charge in [-0.05, 0) is 31.7 Å². The van der Waals surface area contributed by atoms with E-state index in [1.54, 1.807) is 0 Å². The molecule has 0 aromatic heterocycles. The second-order valence-corrected chi connectivity index (χ2v) is 4.45. The molecule has 6 heteroatoms. The predicted molar refractivity (Wildman–Crippen MR) is 79.4 cm³/mol. The third-order valence-electron chi connectivity index (χ3n) is 3.13. The molecule has 1 N–H and O–H groups in total. The number of nitrogens with one attached hydrogen (secondary N) is 1. The van der Waals surface area contributed by atoms with E-state index in [0.717, 1.165) is 17.1 Å². The number of rotatable bonds is 6. The minimum absolute atomic E-state index is 0. The lowest BCUT2D eigenvalue weighted by molar-refractivity contribution is -0.131. The average molecular weight is 301 g/mol. The van der Waals surface area contributed by atoms with Gasteiger partial charge >= 0.3 is 0 Å². The lowest BCUT2D eigenvalue weighted by atomic mass is 10.2. The highest BCUT2D eigenvalue weighted by Crippen LogP contribution is 2.32. The van der Waals surface area contributed by atoms with Crippen molar-refractivity contribution in [1.82, 2.24) is 10.2 Å². The minimum Gasteiger partial charge on any atom is -0.454 e. The van der Waals surface area contributed by atoms with Gasteiger partial charge in [0.2, 0.25) is 12.7 Å². The van der Waals surface area contributed by atoms with Crippen molar-refractivity contribution in [2.24, 2.45) is 0 Å². The first-order chi connectivity index (χ1) is 9.24. The Bertz CT molecular complexity index is 454. The third-order valence-corrected chi connectivity index (χ3v) is 3.13. The molecule has 0 aliphatic carbocycles. The van der Waals surface area contributed by atoms with E-state index in [2.05, 4.69) is 5.32 Å². The number of amides is 1. The Labute approximate surface area is 125 Å². The predicted octanol–water partition coefficient (Wildman–Crippen LogP) is 1.80. The first kappa shape index (κ1) is 16.6. The van der Waals surface area contributed by atoms with Gasteiger partial charge < -0.3 is 19.7 Å². The summed E-state index contributed by atoms with van der Waals surface area (Å²) < 4.78 is 10.6. The number of carbonyl (C=O) groups is 1. The molecule has 1 heterocycles. The zero-order chi connectivity index (χ0) is 13.7. The fraction of sp³-hybridized carbons (Fsp3) is 0.500. The lowest BCUT2D eigenvalue weighted by Crippen LogP contribution is -2.32. The van der Waals surface area contributed by atoms with Crippen LogP contribution in [0.25, 0.3) is 0 Å². The molecule has 112 valence electrons. The third kappa shape index (κ3) is 4.02. The molecule has 0 fully saturated rings. The van der Waals surface area contributed by atoms with Crippen LogP contribution in [-0.4, -0.2) is 37.7 Å². The summed E-state index contributed by atoms with van der Waals surface area (Å²) in [6, 6.07) is 5.81. The zero-order valence-corrected chi connectivity index (χ0v) is 12.7. The van der Waals surface area contributed by atoms with Crippen molar-refractivity contribution in [2.45, 2.75) is 19.9 Å². The van der Waals surface area contributed by atoms with Gasteiger partial charge in [0.25, 0.3) is 0 Å². The summed E-state index contributed by atoms with van der Waals surface area (Å²) in [5.74, 6) is 1.69. The van der Waals surface area contributed by atoms with Crippen LogP contribution in [-0.2, 0) is 11.3 Å². The van der Waals surface area contributed by atoms with Gasteiger partial charge in [-0.15, -0.1) is 12.4 Å². The van der Waals surface area contributed by atoms with Gasteiger partial charge in [0, 0.05) is 26.1 Å². The summed E-state index contributed by atoms with van der Waals surface area (Å²) in [6.07, 6.45) is 0.523. The van der Waals surface area contributed by atoms with Crippen LogP contribution in [0.15, 0.2) is 18.2 Å². The average Bonchev–Trinajstić information content (AvgIpc) is 2.89. The molecule has 0 saturated carbocycles. The van der Waals surface area contributed by atoms with Crippen LogP contribution in [0, 0.1) is 0 Å². The van der Waals surface area contributed by atoms with Gasteiger partial charge in [-0.1, -0.05) is 6.07 Å². The summed E-state index contributed by atoms with van der Waals surface area (Å²) in [5.41, 5.74) is 1.06. The van der Waals surface area contributed by atoms with Gasteiger partial charge in [0.15, 0.2) is 11.5 Å². The molecule has 0 unspecified atom stereocenters. The molecule has 0 bridgehead atoms. The van der Waals surface area contributed by atoms with Gasteiger partial charge in [0.1, 0.15) is 0 Å². The number of hydrogen-bond donors (Lipinski definition) is 1. The Morgan fingerprint density at radius 3 is 2.80 bits per heavy atom. The summed E-state index contributed by atoms with van der Waals surface area (Å²) >= 11 is 0. The lowest BCUT2D eigenvalue weighted by Gasteiger charge is -2.21. The highest BCUT2D eigenvalue weighted by atomic mass is 35.5. The smallest absolute Gasteiger partial charge is 0.231 e. The largest absolute Gasteiger partial charge is 0.454 e. The molecule has 0 spiro atoms. The summed E-state index contributed by atoms with van der Waals surface area (Å²) in [7, 11) is 1.85. The Hall–Kier alpha value is -1.46. The second-order valence-electron chi connectivity index (χ2n) is 4.45. The van der Waals surface area contributed by atoms with E-state index in [9.17, 15) is 4.79 Å². The number of nitrogens with zero attached hydrogens (tertiary/aromatic N) is 1. The second kappa shape index (κ2) is 7.97. The molecule has 0 atom stereocenters. The molecule has 1 aliphatic heterocycles. The number of benzene rings is 1. The molecule has 5 nitrogen and oxygen atoms in total. The van der Waals surface area contributed by atoms with Crippen molar-refractivity contribution in [1.29, 1.82) is 0 Å². The van der Waals surface area contributed by atoms with E-state index in [1.165, 1.54) is 0 Å². The van der Waals surface area contributed by atoms with E-state index in [1.807, 2.05) is 37.1 Å². The Morgan fingerprint density at radius 2 is 2.10 bits per heavy atom. The Morgan fingerprint density at radius 1 is 1.35 bits per heavy atom. The number of ether oxygens (including phenoxy) is 2. The number of halogens is 1. The number of hydrogen-bond acceptors (Lipinski definition) is 4. The Balaban J connectivity index is 0.00000200. The van der Waals surface area contributed by atoms with E-state index >= 15 is 0 Å². The molecule has 2 rings (SSSR count). The number of carbonyl (C=O) groups excluding carboxylic acids is 1. The summed E-state index contributed by atoms with van der Waals surface area (Å²) in [4.78, 5) is 13.8. The molecule has 1 aliphatic rings. The van der Waals surface area contributed by atoms with Crippen molar-refractivity contribution in [3.63, 3.8) is 0 Å². The van der Waals surface area contributed by atoms with Crippen LogP contribution in [0.2, 0.25) is 0 Å². The van der Waals surface area contributed by atoms with Gasteiger partial charge in [0.05, 0.1) is 0 Å². The van der Waals surface area contributed by atoms with E-state index < -0.39 is 0 Å². The van der Waals surface area contributed by atoms with E-state index in [-0.39, 0.29) is 25.1 Å². The fourth-order valence-electron chi connectivity index (χ4n) is 2.03. The van der Waals surface area contributed by atoms with Gasteiger partial charge in [-0.2, -0.15) is 0 Å². The maximum atomic E-state index is 12.0. The van der Waals surface area contributed by atoms with Crippen LogP contribution in [0.1, 0.15) is 18.9 Å². The SMILES string of the molecule is CCN(Cc1ccc2c(c1)OCO2)C(=O)CCNC.Cl. The summed E-state index contributed by atoms with van der Waals surface area (Å²) in [6.45, 7) is 4.28. The standard InChI is InChI=1S/C14H20N2O3.ClH/c1-3-16(14(17)6-7-15-2)9-11-4-5-12-13(8-11)19-10-18-12;/h4-5,8,15H,3,6-7,9-10H2,1-2H3;1H. The van der Waals surface area contributed by atoms with Crippen LogP contribution in [0.4, 0.5) is 0 Å². The van der Waals surface area contributed by atoms with Crippen molar-refractivity contribution >= 4 is 18.3 Å². The van der Waals surface area contributed by atoms with Gasteiger partial charge in [-0.3, -0.25) is 4.79 Å². The van der Waals surface area contributed by atoms with E-state index in [0.29, 0.717) is 26.1 Å². The van der Waals surface area contributed by atoms with Crippen LogP contribution in [0.5, 0.6) is 11.5 Å². The first-order valence-electron chi connectivity index (χ1n) is 6.55. The first-order valence-corrected chi connectivity index (χ1v) is 6.55. The fourth-order valence-corrected chi connectivity index (χ4v) is 2.03. The molecule has 1 amide bonds. The Kier molecular flexibility index (Phi) is 6.61. The van der Waals surface area contributed by atoms with Crippen LogP contribution < -0.4 is 14.8 Å². The minimum atomic E-state index is 0. The topological polar surface area (TPSA) is 50.8 Å². The molecular formula is C14H21ClN2O3. The number of fused-ring (bicyclic) bond motifs is 1. The maximum Gasteiger partial charge on any atom is 0.231 e. The highest BCUT2D eigenvalue weighted by molar-refractivity contribution is 5.85. The molecule has 0 saturated heterocycles. The van der Waals surface area contributed by atoms with Crippen molar-refractivity contribution in [3.05, 3.63) is 23.8 Å². The van der Waals surface area contributed by atoms with E-state index in [4.69, 9.17) is 9.47 Å². The molecule has 20 heavy (non-hydrogen) atoms. The zero-order valence-electron chi connectivity index (χ0n) is 11.8. The van der Waals surface area contributed by atoms with Crippen LogP contribution in [0.3, 0.4) is 0 Å². The van der Waals surface area contributed by atoms with Crippen LogP contribution >= 0.6 is 12.4 Å². The molecule has 0 radical (unpaired) electrons. The molecule has 1 aromatic rings. The highest BCUT2D eigenvalue weighted by Gasteiger charge is 2.16. The quantitative estimate of drug-likeness (QED) is 0.870. The maximum absolute atomic E-state index is 12.0. The molecular weight excluding hydrogens is 280 g/mol. The van der Waals surface area contributed by atoms with Crippen molar-refractivity contribution in [2.75, 3.05) is 26.9 Å². The normalized spacial score (nSPS) is 11.9. The van der Waals surface area contributed by atoms with Gasteiger partial charge in [-0.25, -0.2) is 0 Å². The molecule has 1 aromatic carbocycles. The monoisotopic (exact) mass is 300 g/mol. The van der Waals surface area contributed by atoms with Crippen molar-refractivity contribution in [3.8, 4) is 11.5 Å². The van der Waals surface area contributed by atoms with Crippen molar-refractivity contribution < 1.29 is 14.3 Å².